The molecule has 31 heavy (non-hydrogen) atoms. The molecule has 1 aromatic carbocycles. The third kappa shape index (κ3) is 4.70. The summed E-state index contributed by atoms with van der Waals surface area (Å²) in [6.07, 6.45) is 8.57. The maximum absolute atomic E-state index is 14.8. The zero-order valence-corrected chi connectivity index (χ0v) is 17.9. The van der Waals surface area contributed by atoms with Crippen molar-refractivity contribution in [3.63, 3.8) is 0 Å². The van der Waals surface area contributed by atoms with Crippen LogP contribution in [0.4, 0.5) is 8.78 Å². The SMILES string of the molecule is O=C(c1cc(C2CC2)c(OCC23CCC(F)(CC2)CC3)cc1F)N1CCCC1.O=CO. The van der Waals surface area contributed by atoms with Gasteiger partial charge in [-0.1, -0.05) is 0 Å². The van der Waals surface area contributed by atoms with E-state index in [0.29, 0.717) is 50.6 Å². The van der Waals surface area contributed by atoms with Crippen LogP contribution in [0.25, 0.3) is 0 Å². The van der Waals surface area contributed by atoms with Crippen molar-refractivity contribution in [2.24, 2.45) is 5.41 Å². The average Bonchev–Trinajstić information content (AvgIpc) is 3.46. The third-order valence-corrected chi connectivity index (χ3v) is 7.58. The van der Waals surface area contributed by atoms with Crippen LogP contribution >= 0.6 is 0 Å². The fraction of sp³-hybridized carbons (Fsp3) is 0.667. The van der Waals surface area contributed by atoms with E-state index in [-0.39, 0.29) is 23.4 Å². The van der Waals surface area contributed by atoms with Gasteiger partial charge in [0.15, 0.2) is 0 Å². The molecule has 1 aliphatic heterocycles. The molecule has 1 aromatic rings. The normalized spacial score (nSPS) is 29.3. The topological polar surface area (TPSA) is 66.8 Å². The Bertz CT molecular complexity index is 809. The van der Waals surface area contributed by atoms with Crippen LogP contribution in [0, 0.1) is 11.2 Å². The predicted molar refractivity (Wildman–Crippen MR) is 112 cm³/mol. The van der Waals surface area contributed by atoms with E-state index < -0.39 is 11.5 Å². The number of carbonyl (C=O) groups is 2. The highest BCUT2D eigenvalue weighted by atomic mass is 19.1. The Labute approximate surface area is 181 Å². The lowest BCUT2D eigenvalue weighted by Gasteiger charge is -2.49. The molecule has 5 fully saturated rings. The van der Waals surface area contributed by atoms with E-state index in [0.717, 1.165) is 50.5 Å². The molecule has 2 bridgehead atoms. The van der Waals surface area contributed by atoms with Gasteiger partial charge in [-0.2, -0.15) is 0 Å². The van der Waals surface area contributed by atoms with Gasteiger partial charge in [0, 0.05) is 24.6 Å². The number of alkyl halides is 1. The summed E-state index contributed by atoms with van der Waals surface area (Å²) in [5.74, 6) is 0.286. The van der Waals surface area contributed by atoms with Crippen LogP contribution in [0.2, 0.25) is 0 Å². The number of nitrogens with zero attached hydrogens (tertiary/aromatic N) is 1. The van der Waals surface area contributed by atoms with Crippen LogP contribution in [-0.2, 0) is 4.79 Å². The molecule has 7 heteroatoms. The summed E-state index contributed by atoms with van der Waals surface area (Å²) in [5.41, 5.74) is 0.249. The summed E-state index contributed by atoms with van der Waals surface area (Å²) < 4.78 is 35.5. The summed E-state index contributed by atoms with van der Waals surface area (Å²) >= 11 is 0. The van der Waals surface area contributed by atoms with Gasteiger partial charge in [-0.15, -0.1) is 0 Å². The summed E-state index contributed by atoms with van der Waals surface area (Å²) in [6, 6.07) is 3.17. The molecule has 1 heterocycles. The molecule has 1 saturated heterocycles. The monoisotopic (exact) mass is 435 g/mol. The van der Waals surface area contributed by atoms with Crippen molar-refractivity contribution in [1.82, 2.24) is 4.90 Å². The number of halogens is 2. The second-order valence-corrected chi connectivity index (χ2v) is 9.69. The number of hydrogen-bond acceptors (Lipinski definition) is 3. The van der Waals surface area contributed by atoms with Crippen LogP contribution in [0.3, 0.4) is 0 Å². The fourth-order valence-electron chi connectivity index (χ4n) is 5.33. The maximum atomic E-state index is 14.8. The van der Waals surface area contributed by atoms with Crippen molar-refractivity contribution in [1.29, 1.82) is 0 Å². The van der Waals surface area contributed by atoms with Crippen LogP contribution < -0.4 is 4.74 Å². The first-order valence-electron chi connectivity index (χ1n) is 11.4. The number of hydrogen-bond donors (Lipinski definition) is 1. The van der Waals surface area contributed by atoms with Crippen molar-refractivity contribution >= 4 is 12.4 Å². The number of carbonyl (C=O) groups excluding carboxylic acids is 1. The van der Waals surface area contributed by atoms with Gasteiger partial charge in [0.05, 0.1) is 12.2 Å². The van der Waals surface area contributed by atoms with E-state index in [1.54, 1.807) is 11.0 Å². The van der Waals surface area contributed by atoms with E-state index in [9.17, 15) is 13.6 Å². The van der Waals surface area contributed by atoms with Gasteiger partial charge in [0.2, 0.25) is 0 Å². The Morgan fingerprint density at radius 1 is 1.13 bits per heavy atom. The van der Waals surface area contributed by atoms with Crippen LogP contribution in [0.5, 0.6) is 5.75 Å². The number of fused-ring (bicyclic) bond motifs is 3. The molecule has 4 saturated carbocycles. The molecule has 4 aliphatic carbocycles. The van der Waals surface area contributed by atoms with Gasteiger partial charge in [0.1, 0.15) is 17.2 Å². The van der Waals surface area contributed by atoms with Crippen LogP contribution in [0.15, 0.2) is 12.1 Å². The Balaban J connectivity index is 0.000000730. The largest absolute Gasteiger partial charge is 0.493 e. The van der Waals surface area contributed by atoms with Crippen LogP contribution in [-0.4, -0.2) is 47.8 Å². The van der Waals surface area contributed by atoms with Crippen molar-refractivity contribution in [3.05, 3.63) is 29.1 Å². The van der Waals surface area contributed by atoms with Crippen molar-refractivity contribution in [3.8, 4) is 5.75 Å². The lowest BCUT2D eigenvalue weighted by atomic mass is 9.60. The van der Waals surface area contributed by atoms with E-state index in [2.05, 4.69) is 0 Å². The number of carboxylic acid groups (broad SMARTS) is 1. The Morgan fingerprint density at radius 2 is 1.71 bits per heavy atom. The lowest BCUT2D eigenvalue weighted by molar-refractivity contribution is -0.122. The first kappa shape index (κ1) is 22.0. The van der Waals surface area contributed by atoms with Gasteiger partial charge in [-0.25, -0.2) is 8.78 Å². The summed E-state index contributed by atoms with van der Waals surface area (Å²) in [5, 5.41) is 6.89. The first-order valence-corrected chi connectivity index (χ1v) is 11.4. The molecule has 0 spiro atoms. The minimum Gasteiger partial charge on any atom is -0.493 e. The number of likely N-dealkylation sites (tertiary alicyclic amines) is 1. The molecule has 0 unspecified atom stereocenters. The van der Waals surface area contributed by atoms with E-state index in [1.165, 1.54) is 6.07 Å². The number of rotatable bonds is 5. The van der Waals surface area contributed by atoms with Crippen molar-refractivity contribution in [2.75, 3.05) is 19.7 Å². The molecule has 5 nitrogen and oxygen atoms in total. The second kappa shape index (κ2) is 8.75. The highest BCUT2D eigenvalue weighted by molar-refractivity contribution is 5.95. The van der Waals surface area contributed by atoms with Crippen LogP contribution in [0.1, 0.15) is 86.0 Å². The molecule has 170 valence electrons. The summed E-state index contributed by atoms with van der Waals surface area (Å²) in [4.78, 5) is 22.8. The predicted octanol–water partition coefficient (Wildman–Crippen LogP) is 5.08. The van der Waals surface area contributed by atoms with E-state index >= 15 is 0 Å². The fourth-order valence-corrected chi connectivity index (χ4v) is 5.33. The smallest absolute Gasteiger partial charge is 0.290 e. The zero-order valence-electron chi connectivity index (χ0n) is 17.9. The molecule has 1 N–H and O–H groups in total. The number of ether oxygens (including phenoxy) is 1. The van der Waals surface area contributed by atoms with Gasteiger partial charge >= 0.3 is 0 Å². The van der Waals surface area contributed by atoms with Crippen molar-refractivity contribution in [2.45, 2.75) is 75.8 Å². The van der Waals surface area contributed by atoms with Gasteiger partial charge in [-0.05, 0) is 81.8 Å². The lowest BCUT2D eigenvalue weighted by Crippen LogP contribution is -2.46. The van der Waals surface area contributed by atoms with Gasteiger partial charge in [0.25, 0.3) is 12.4 Å². The van der Waals surface area contributed by atoms with Gasteiger partial charge in [-0.3, -0.25) is 9.59 Å². The molecule has 0 atom stereocenters. The summed E-state index contributed by atoms with van der Waals surface area (Å²) in [6.45, 7) is 1.71. The van der Waals surface area contributed by atoms with Crippen molar-refractivity contribution < 1.29 is 28.2 Å². The van der Waals surface area contributed by atoms with E-state index in [4.69, 9.17) is 14.6 Å². The molecule has 6 rings (SSSR count). The van der Waals surface area contributed by atoms with Gasteiger partial charge < -0.3 is 14.7 Å². The third-order valence-electron chi connectivity index (χ3n) is 7.58. The summed E-state index contributed by atoms with van der Waals surface area (Å²) in [7, 11) is 0. The zero-order chi connectivity index (χ0) is 22.1. The molecule has 5 aliphatic rings. The second-order valence-electron chi connectivity index (χ2n) is 9.69. The Kier molecular flexibility index (Phi) is 6.22. The maximum Gasteiger partial charge on any atom is 0.290 e. The minimum atomic E-state index is -0.954. The number of amides is 1. The number of benzene rings is 1. The average molecular weight is 436 g/mol. The quantitative estimate of drug-likeness (QED) is 0.655. The molecule has 1 amide bonds. The van der Waals surface area contributed by atoms with E-state index in [1.807, 2.05) is 0 Å². The Hall–Kier alpha value is -2.18. The minimum absolute atomic E-state index is 0.0369. The molecule has 0 aromatic heterocycles. The molecular formula is C24H31F2NO4. The highest BCUT2D eigenvalue weighted by Crippen LogP contribution is 2.54. The Morgan fingerprint density at radius 3 is 2.26 bits per heavy atom. The molecule has 0 radical (unpaired) electrons. The molecular weight excluding hydrogens is 404 g/mol. The standard InChI is InChI=1S/C23H29F2NO2.CH2O2/c24-19-14-20(28-15-22-5-8-23(25,9-6-22)10-7-22)17(16-3-4-16)13-18(19)21(27)26-11-1-2-12-26;2-1-3/h13-14,16H,1-12,15H2;1H,(H,2,3). The highest BCUT2D eigenvalue weighted by Gasteiger charge is 2.49. The first-order chi connectivity index (χ1) is 14.9.